The van der Waals surface area contributed by atoms with Gasteiger partial charge in [0.1, 0.15) is 5.65 Å². The molecule has 4 rings (SSSR count). The predicted molar refractivity (Wildman–Crippen MR) is 89.0 cm³/mol. The maximum Gasteiger partial charge on any atom is 0.225 e. The normalized spacial score (nSPS) is 22.1. The van der Waals surface area contributed by atoms with Gasteiger partial charge in [0, 0.05) is 37.6 Å². The van der Waals surface area contributed by atoms with Gasteiger partial charge < -0.3 is 20.1 Å². The smallest absolute Gasteiger partial charge is 0.225 e. The lowest BCUT2D eigenvalue weighted by molar-refractivity contribution is -0.132. The minimum Gasteiger partial charge on any atom is -0.350 e. The summed E-state index contributed by atoms with van der Waals surface area (Å²) in [6, 6.07) is 6.12. The first-order chi connectivity index (χ1) is 11.6. The number of nitrogens with zero attached hydrogens (tertiary/aromatic N) is 3. The summed E-state index contributed by atoms with van der Waals surface area (Å²) in [4.78, 5) is 36.1. The fraction of sp³-hybridized carbons (Fsp3) is 0.471. The van der Waals surface area contributed by atoms with E-state index in [0.717, 1.165) is 29.8 Å². The van der Waals surface area contributed by atoms with Crippen molar-refractivity contribution in [3.05, 3.63) is 30.1 Å². The van der Waals surface area contributed by atoms with Crippen LogP contribution in [0.4, 0.5) is 0 Å². The highest BCUT2D eigenvalue weighted by Gasteiger charge is 2.41. The summed E-state index contributed by atoms with van der Waals surface area (Å²) in [5.74, 6) is -0.219. The lowest BCUT2D eigenvalue weighted by Gasteiger charge is -2.42. The van der Waals surface area contributed by atoms with Crippen LogP contribution in [0.5, 0.6) is 0 Å². The van der Waals surface area contributed by atoms with E-state index in [4.69, 9.17) is 0 Å². The van der Waals surface area contributed by atoms with Crippen molar-refractivity contribution in [3.63, 3.8) is 0 Å². The van der Waals surface area contributed by atoms with Crippen LogP contribution >= 0.6 is 0 Å². The number of carbonyl (C=O) groups is 2. The van der Waals surface area contributed by atoms with Gasteiger partial charge in [0.25, 0.3) is 0 Å². The molecule has 1 atom stereocenters. The van der Waals surface area contributed by atoms with E-state index in [1.165, 1.54) is 0 Å². The Balaban J connectivity index is 1.33. The van der Waals surface area contributed by atoms with Crippen molar-refractivity contribution in [2.24, 2.45) is 5.92 Å². The summed E-state index contributed by atoms with van der Waals surface area (Å²) in [6.45, 7) is 2.72. The van der Waals surface area contributed by atoms with Crippen LogP contribution in [0.15, 0.2) is 24.4 Å². The highest BCUT2D eigenvalue weighted by Crippen LogP contribution is 2.24. The Bertz CT molecular complexity index is 780. The van der Waals surface area contributed by atoms with Crippen molar-refractivity contribution in [2.45, 2.75) is 19.0 Å². The molecule has 2 fully saturated rings. The second-order valence-electron chi connectivity index (χ2n) is 6.76. The molecule has 2 amide bonds. The largest absolute Gasteiger partial charge is 0.350 e. The minimum absolute atomic E-state index is 0.0630. The van der Waals surface area contributed by atoms with E-state index >= 15 is 0 Å². The zero-order chi connectivity index (χ0) is 16.7. The molecule has 0 aromatic carbocycles. The number of pyridine rings is 1. The molecule has 7 heteroatoms. The van der Waals surface area contributed by atoms with Crippen molar-refractivity contribution in [2.75, 3.05) is 26.7 Å². The molecule has 4 heterocycles. The molecular weight excluding hydrogens is 306 g/mol. The van der Waals surface area contributed by atoms with Crippen LogP contribution in [0.1, 0.15) is 12.1 Å². The lowest BCUT2D eigenvalue weighted by Crippen LogP contribution is -2.58. The number of aromatic nitrogens is 2. The average Bonchev–Trinajstić information content (AvgIpc) is 3.15. The third-order valence-corrected chi connectivity index (χ3v) is 4.93. The van der Waals surface area contributed by atoms with E-state index in [1.807, 2.05) is 36.3 Å². The summed E-state index contributed by atoms with van der Waals surface area (Å²) >= 11 is 0. The fourth-order valence-corrected chi connectivity index (χ4v) is 3.51. The third-order valence-electron chi connectivity index (χ3n) is 4.93. The van der Waals surface area contributed by atoms with Crippen molar-refractivity contribution in [1.29, 1.82) is 0 Å². The van der Waals surface area contributed by atoms with Crippen molar-refractivity contribution in [3.8, 4) is 0 Å². The Morgan fingerprint density at radius 1 is 1.33 bits per heavy atom. The van der Waals surface area contributed by atoms with Crippen LogP contribution in [0.3, 0.4) is 0 Å². The fourth-order valence-electron chi connectivity index (χ4n) is 3.51. The summed E-state index contributed by atoms with van der Waals surface area (Å²) in [5.41, 5.74) is 1.62. The molecule has 0 saturated carbocycles. The van der Waals surface area contributed by atoms with Crippen LogP contribution in [-0.4, -0.2) is 64.3 Å². The van der Waals surface area contributed by atoms with Crippen LogP contribution in [-0.2, 0) is 16.1 Å². The van der Waals surface area contributed by atoms with E-state index in [2.05, 4.69) is 20.2 Å². The number of carbonyl (C=O) groups excluding carboxylic acids is 2. The summed E-state index contributed by atoms with van der Waals surface area (Å²) < 4.78 is 0. The molecule has 1 unspecified atom stereocenters. The number of fused-ring (bicyclic) bond motifs is 1. The Labute approximate surface area is 140 Å². The molecule has 0 radical (unpaired) electrons. The van der Waals surface area contributed by atoms with E-state index in [0.29, 0.717) is 19.5 Å². The van der Waals surface area contributed by atoms with E-state index < -0.39 is 0 Å². The number of H-pyrrole nitrogens is 1. The Morgan fingerprint density at radius 2 is 2.17 bits per heavy atom. The first-order valence-electron chi connectivity index (χ1n) is 8.29. The minimum atomic E-state index is -0.252. The molecule has 2 aromatic heterocycles. The second-order valence-corrected chi connectivity index (χ2v) is 6.76. The van der Waals surface area contributed by atoms with Gasteiger partial charge in [-0.3, -0.25) is 9.59 Å². The number of nitrogens with one attached hydrogen (secondary N) is 2. The maximum absolute atomic E-state index is 12.4. The predicted octanol–water partition coefficient (Wildman–Crippen LogP) is 0.342. The standard InChI is InChI=1S/C17H21N5O2/c1-21-9-14(10-21)22-8-12(6-15(22)23)17(24)19-7-13-3-2-11-4-5-18-16(11)20-13/h2-5,12,14H,6-10H2,1H3,(H,18,20)(H,19,24). The molecule has 0 spiro atoms. The third kappa shape index (κ3) is 2.75. The van der Waals surface area contributed by atoms with Gasteiger partial charge in [-0.2, -0.15) is 0 Å². The van der Waals surface area contributed by atoms with Crippen molar-refractivity contribution >= 4 is 22.8 Å². The van der Waals surface area contributed by atoms with Gasteiger partial charge in [-0.15, -0.1) is 0 Å². The zero-order valence-electron chi connectivity index (χ0n) is 13.7. The number of aromatic amines is 1. The molecule has 24 heavy (non-hydrogen) atoms. The molecule has 126 valence electrons. The van der Waals surface area contributed by atoms with Gasteiger partial charge in [0.2, 0.25) is 11.8 Å². The van der Waals surface area contributed by atoms with Crippen molar-refractivity contribution in [1.82, 2.24) is 25.1 Å². The number of likely N-dealkylation sites (N-methyl/N-ethyl adjacent to an activating group) is 1. The quantitative estimate of drug-likeness (QED) is 0.849. The summed E-state index contributed by atoms with van der Waals surface area (Å²) in [5, 5.41) is 3.97. The van der Waals surface area contributed by atoms with E-state index in [9.17, 15) is 9.59 Å². The Morgan fingerprint density at radius 3 is 2.96 bits per heavy atom. The second kappa shape index (κ2) is 5.90. The molecule has 7 nitrogen and oxygen atoms in total. The molecular formula is C17H21N5O2. The molecule has 2 N–H and O–H groups in total. The number of rotatable bonds is 4. The number of hydrogen-bond donors (Lipinski definition) is 2. The topological polar surface area (TPSA) is 81.3 Å². The zero-order valence-corrected chi connectivity index (χ0v) is 13.7. The van der Waals surface area contributed by atoms with Gasteiger partial charge in [-0.25, -0.2) is 4.98 Å². The van der Waals surface area contributed by atoms with Crippen LogP contribution < -0.4 is 5.32 Å². The number of amides is 2. The Kier molecular flexibility index (Phi) is 3.72. The molecule has 2 saturated heterocycles. The molecule has 0 bridgehead atoms. The van der Waals surface area contributed by atoms with Crippen LogP contribution in [0.25, 0.3) is 11.0 Å². The number of likely N-dealkylation sites (tertiary alicyclic amines) is 2. The number of hydrogen-bond acceptors (Lipinski definition) is 4. The van der Waals surface area contributed by atoms with E-state index in [1.54, 1.807) is 0 Å². The monoisotopic (exact) mass is 327 g/mol. The molecule has 2 aliphatic rings. The summed E-state index contributed by atoms with van der Waals surface area (Å²) in [6.07, 6.45) is 2.16. The van der Waals surface area contributed by atoms with Gasteiger partial charge >= 0.3 is 0 Å². The molecule has 2 aliphatic heterocycles. The van der Waals surface area contributed by atoms with Crippen LogP contribution in [0, 0.1) is 5.92 Å². The summed E-state index contributed by atoms with van der Waals surface area (Å²) in [7, 11) is 2.04. The molecule has 2 aromatic rings. The lowest BCUT2D eigenvalue weighted by atomic mass is 10.1. The highest BCUT2D eigenvalue weighted by molar-refractivity contribution is 5.89. The van der Waals surface area contributed by atoms with Crippen molar-refractivity contribution < 1.29 is 9.59 Å². The average molecular weight is 327 g/mol. The van der Waals surface area contributed by atoms with Gasteiger partial charge in [-0.1, -0.05) is 0 Å². The highest BCUT2D eigenvalue weighted by atomic mass is 16.2. The van der Waals surface area contributed by atoms with E-state index in [-0.39, 0.29) is 23.8 Å². The SMILES string of the molecule is CN1CC(N2CC(C(=O)NCc3ccc4cc[nH]c4n3)CC2=O)C1. The van der Waals surface area contributed by atoms with Gasteiger partial charge in [0.05, 0.1) is 24.2 Å². The maximum atomic E-state index is 12.4. The first kappa shape index (κ1) is 15.1. The first-order valence-corrected chi connectivity index (χ1v) is 8.29. The molecule has 0 aliphatic carbocycles. The van der Waals surface area contributed by atoms with Crippen LogP contribution in [0.2, 0.25) is 0 Å². The Hall–Kier alpha value is -2.41. The van der Waals surface area contributed by atoms with Gasteiger partial charge in [-0.05, 0) is 25.2 Å². The van der Waals surface area contributed by atoms with Gasteiger partial charge in [0.15, 0.2) is 0 Å².